The molecule has 0 aliphatic rings. The third-order valence-corrected chi connectivity index (χ3v) is 4.87. The number of anilines is 2. The Kier molecular flexibility index (Phi) is 4.15. The zero-order valence-corrected chi connectivity index (χ0v) is 16.3. The van der Waals surface area contributed by atoms with Crippen LogP contribution in [0.2, 0.25) is 0 Å². The summed E-state index contributed by atoms with van der Waals surface area (Å²) in [5.74, 6) is 0.770. The minimum absolute atomic E-state index is 0.770. The molecule has 5 nitrogen and oxygen atoms in total. The van der Waals surface area contributed by atoms with E-state index in [1.54, 1.807) is 6.33 Å². The van der Waals surface area contributed by atoms with Crippen molar-refractivity contribution in [1.29, 1.82) is 0 Å². The van der Waals surface area contributed by atoms with Crippen molar-refractivity contribution >= 4 is 22.5 Å². The largest absolute Gasteiger partial charge is 0.339 e. The molecule has 2 aromatic carbocycles. The molecule has 0 aliphatic carbocycles. The Morgan fingerprint density at radius 1 is 0.815 bits per heavy atom. The van der Waals surface area contributed by atoms with E-state index in [-0.39, 0.29) is 0 Å². The highest BCUT2D eigenvalue weighted by atomic mass is 15.3. The van der Waals surface area contributed by atoms with Crippen molar-refractivity contribution in [3.8, 4) is 5.69 Å². The molecule has 0 saturated carbocycles. The molecule has 0 fully saturated rings. The summed E-state index contributed by atoms with van der Waals surface area (Å²) in [6, 6.07) is 10.7. The highest BCUT2D eigenvalue weighted by Gasteiger charge is 2.14. The molecule has 0 amide bonds. The van der Waals surface area contributed by atoms with E-state index >= 15 is 0 Å². The average molecular weight is 357 g/mol. The van der Waals surface area contributed by atoms with Crippen LogP contribution in [0, 0.1) is 34.6 Å². The number of benzene rings is 2. The van der Waals surface area contributed by atoms with E-state index in [0.717, 1.165) is 28.2 Å². The van der Waals surface area contributed by atoms with Gasteiger partial charge in [0.2, 0.25) is 0 Å². The van der Waals surface area contributed by atoms with Crippen molar-refractivity contribution < 1.29 is 0 Å². The van der Waals surface area contributed by atoms with Gasteiger partial charge in [0.05, 0.1) is 17.3 Å². The third-order valence-electron chi connectivity index (χ3n) is 4.87. The van der Waals surface area contributed by atoms with Crippen LogP contribution < -0.4 is 5.32 Å². The molecule has 136 valence electrons. The van der Waals surface area contributed by atoms with E-state index in [1.165, 1.54) is 27.8 Å². The lowest BCUT2D eigenvalue weighted by Crippen LogP contribution is -2.02. The summed E-state index contributed by atoms with van der Waals surface area (Å²) in [6.45, 7) is 10.5. The molecule has 0 radical (unpaired) electrons. The number of hydrogen-bond acceptors (Lipinski definition) is 4. The Labute approximate surface area is 159 Å². The van der Waals surface area contributed by atoms with Gasteiger partial charge in [-0.3, -0.25) is 0 Å². The number of nitrogens with one attached hydrogen (secondary N) is 1. The fourth-order valence-electron chi connectivity index (χ4n) is 3.66. The van der Waals surface area contributed by atoms with Gasteiger partial charge in [-0.2, -0.15) is 5.10 Å². The number of fused-ring (bicyclic) bond motifs is 1. The van der Waals surface area contributed by atoms with Crippen LogP contribution in [0.15, 0.2) is 42.9 Å². The quantitative estimate of drug-likeness (QED) is 0.554. The van der Waals surface area contributed by atoms with Crippen LogP contribution in [0.1, 0.15) is 27.8 Å². The summed E-state index contributed by atoms with van der Waals surface area (Å²) >= 11 is 0. The van der Waals surface area contributed by atoms with Gasteiger partial charge >= 0.3 is 0 Å². The molecule has 2 aromatic heterocycles. The van der Waals surface area contributed by atoms with E-state index < -0.39 is 0 Å². The molecule has 27 heavy (non-hydrogen) atoms. The first kappa shape index (κ1) is 17.2. The normalized spacial score (nSPS) is 11.1. The van der Waals surface area contributed by atoms with Gasteiger partial charge < -0.3 is 5.32 Å². The van der Waals surface area contributed by atoms with Gasteiger partial charge in [-0.05, 0) is 57.4 Å². The number of aromatic nitrogens is 4. The molecule has 1 N–H and O–H groups in total. The molecule has 5 heteroatoms. The van der Waals surface area contributed by atoms with E-state index in [1.807, 2.05) is 10.9 Å². The van der Waals surface area contributed by atoms with Crippen LogP contribution in [-0.2, 0) is 0 Å². The van der Waals surface area contributed by atoms with Gasteiger partial charge in [0.1, 0.15) is 12.1 Å². The minimum Gasteiger partial charge on any atom is -0.339 e. The van der Waals surface area contributed by atoms with Crippen molar-refractivity contribution in [2.24, 2.45) is 0 Å². The Bertz CT molecular complexity index is 1130. The van der Waals surface area contributed by atoms with Crippen LogP contribution in [0.25, 0.3) is 16.7 Å². The van der Waals surface area contributed by atoms with Crippen LogP contribution in [-0.4, -0.2) is 19.7 Å². The number of hydrogen-bond donors (Lipinski definition) is 1. The number of aryl methyl sites for hydroxylation is 5. The topological polar surface area (TPSA) is 55.6 Å². The first-order valence-electron chi connectivity index (χ1n) is 9.05. The molecule has 0 aliphatic heterocycles. The van der Waals surface area contributed by atoms with Crippen LogP contribution in [0.4, 0.5) is 11.5 Å². The highest BCUT2D eigenvalue weighted by molar-refractivity contribution is 5.89. The molecular weight excluding hydrogens is 334 g/mol. The van der Waals surface area contributed by atoms with Crippen LogP contribution >= 0.6 is 0 Å². The Balaban J connectivity index is 1.82. The molecule has 0 saturated heterocycles. The van der Waals surface area contributed by atoms with Gasteiger partial charge in [0.15, 0.2) is 5.65 Å². The van der Waals surface area contributed by atoms with E-state index in [2.05, 4.69) is 85.3 Å². The predicted octanol–water partition coefficient (Wildman–Crippen LogP) is 5.10. The highest BCUT2D eigenvalue weighted by Crippen LogP contribution is 2.29. The summed E-state index contributed by atoms with van der Waals surface area (Å²) in [7, 11) is 0. The van der Waals surface area contributed by atoms with Crippen LogP contribution in [0.5, 0.6) is 0 Å². The summed E-state index contributed by atoms with van der Waals surface area (Å²) in [5, 5.41) is 8.99. The zero-order chi connectivity index (χ0) is 19.1. The standard InChI is InChI=1S/C22H23N5/c1-13-6-7-19(15(3)8-13)27-22-18(11-25-27)21(23-12-24-22)26-20-16(4)9-14(2)10-17(20)5/h6-12H,1-5H3,(H,23,24,26). The summed E-state index contributed by atoms with van der Waals surface area (Å²) < 4.78 is 1.88. The van der Waals surface area contributed by atoms with Crippen molar-refractivity contribution in [2.75, 3.05) is 5.32 Å². The Morgan fingerprint density at radius 3 is 2.22 bits per heavy atom. The zero-order valence-electron chi connectivity index (χ0n) is 16.3. The predicted molar refractivity (Wildman–Crippen MR) is 110 cm³/mol. The Hall–Kier alpha value is -3.21. The number of nitrogens with zero attached hydrogens (tertiary/aromatic N) is 4. The molecular formula is C22H23N5. The smallest absolute Gasteiger partial charge is 0.168 e. The van der Waals surface area contributed by atoms with Crippen molar-refractivity contribution in [3.63, 3.8) is 0 Å². The fraction of sp³-hybridized carbons (Fsp3) is 0.227. The second-order valence-corrected chi connectivity index (χ2v) is 7.20. The molecule has 4 rings (SSSR count). The van der Waals surface area contributed by atoms with E-state index in [0.29, 0.717) is 0 Å². The second-order valence-electron chi connectivity index (χ2n) is 7.20. The van der Waals surface area contributed by atoms with E-state index in [9.17, 15) is 0 Å². The Morgan fingerprint density at radius 2 is 1.52 bits per heavy atom. The first-order valence-corrected chi connectivity index (χ1v) is 9.05. The lowest BCUT2D eigenvalue weighted by Gasteiger charge is -2.14. The summed E-state index contributed by atoms with van der Waals surface area (Å²) in [4.78, 5) is 8.97. The molecule has 0 spiro atoms. The maximum absolute atomic E-state index is 4.59. The van der Waals surface area contributed by atoms with Crippen LogP contribution in [0.3, 0.4) is 0 Å². The monoisotopic (exact) mass is 357 g/mol. The number of rotatable bonds is 3. The maximum atomic E-state index is 4.59. The van der Waals surface area contributed by atoms with Gasteiger partial charge in [-0.25, -0.2) is 14.6 Å². The fourth-order valence-corrected chi connectivity index (χ4v) is 3.66. The average Bonchev–Trinajstić information content (AvgIpc) is 3.03. The maximum Gasteiger partial charge on any atom is 0.168 e. The molecule has 2 heterocycles. The lowest BCUT2D eigenvalue weighted by atomic mass is 10.1. The van der Waals surface area contributed by atoms with Gasteiger partial charge in [0, 0.05) is 5.69 Å². The van der Waals surface area contributed by atoms with E-state index in [4.69, 9.17) is 0 Å². The van der Waals surface area contributed by atoms with Gasteiger partial charge in [-0.1, -0.05) is 35.4 Å². The first-order chi connectivity index (χ1) is 12.9. The summed E-state index contributed by atoms with van der Waals surface area (Å²) in [5.41, 5.74) is 8.95. The second kappa shape index (κ2) is 6.50. The van der Waals surface area contributed by atoms with Crippen molar-refractivity contribution in [2.45, 2.75) is 34.6 Å². The molecule has 0 bridgehead atoms. The molecule has 0 atom stereocenters. The molecule has 0 unspecified atom stereocenters. The van der Waals surface area contributed by atoms with Gasteiger partial charge in [-0.15, -0.1) is 0 Å². The molecule has 4 aromatic rings. The lowest BCUT2D eigenvalue weighted by molar-refractivity contribution is 0.886. The van der Waals surface area contributed by atoms with Gasteiger partial charge in [0.25, 0.3) is 0 Å². The summed E-state index contributed by atoms with van der Waals surface area (Å²) in [6.07, 6.45) is 3.42. The van der Waals surface area contributed by atoms with Crippen molar-refractivity contribution in [3.05, 3.63) is 70.7 Å². The minimum atomic E-state index is 0.770. The third kappa shape index (κ3) is 3.05. The van der Waals surface area contributed by atoms with Crippen molar-refractivity contribution in [1.82, 2.24) is 19.7 Å². The SMILES string of the molecule is Cc1ccc(-n2ncc3c(Nc4c(C)cc(C)cc4C)ncnc32)c(C)c1.